The van der Waals surface area contributed by atoms with Gasteiger partial charge in [-0.25, -0.2) is 4.98 Å². The highest BCUT2D eigenvalue weighted by Gasteiger charge is 2.11. The van der Waals surface area contributed by atoms with E-state index in [9.17, 15) is 0 Å². The van der Waals surface area contributed by atoms with Crippen LogP contribution in [-0.2, 0) is 4.74 Å². The highest BCUT2D eigenvalue weighted by Crippen LogP contribution is 2.22. The molecule has 2 aromatic rings. The van der Waals surface area contributed by atoms with Crippen molar-refractivity contribution in [2.24, 2.45) is 0 Å². The summed E-state index contributed by atoms with van der Waals surface area (Å²) in [4.78, 5) is 11.2. The smallest absolute Gasteiger partial charge is 0.232 e. The molecule has 1 aromatic heterocycles. The van der Waals surface area contributed by atoms with Gasteiger partial charge in [0.15, 0.2) is 0 Å². The van der Waals surface area contributed by atoms with E-state index in [0.717, 1.165) is 30.3 Å². The third-order valence-corrected chi connectivity index (χ3v) is 3.08. The minimum atomic E-state index is 0.647. The maximum absolute atomic E-state index is 5.05. The zero-order valence-corrected chi connectivity index (χ0v) is 12.8. The Morgan fingerprint density at radius 1 is 1.19 bits per heavy atom. The third-order valence-electron chi connectivity index (χ3n) is 3.08. The molecule has 2 rings (SSSR count). The Labute approximate surface area is 126 Å². The molecule has 0 radical (unpaired) electrons. The molecule has 0 bridgehead atoms. The van der Waals surface area contributed by atoms with Crippen LogP contribution in [0.25, 0.3) is 0 Å². The number of hydrogen-bond acceptors (Lipinski definition) is 5. The second-order valence-corrected chi connectivity index (χ2v) is 4.69. The number of nitrogens with zero attached hydrogens (tertiary/aromatic N) is 3. The van der Waals surface area contributed by atoms with Crippen LogP contribution in [0.15, 0.2) is 36.4 Å². The number of aromatic nitrogens is 2. The molecule has 0 amide bonds. The molecule has 1 aromatic carbocycles. The largest absolute Gasteiger partial charge is 0.383 e. The Morgan fingerprint density at radius 2 is 1.95 bits per heavy atom. The summed E-state index contributed by atoms with van der Waals surface area (Å²) in [5, 5.41) is 3.25. The van der Waals surface area contributed by atoms with E-state index in [1.807, 2.05) is 31.2 Å². The molecule has 0 fully saturated rings. The maximum Gasteiger partial charge on any atom is 0.232 e. The molecular formula is C16H22N4O. The Hall–Kier alpha value is -2.14. The van der Waals surface area contributed by atoms with E-state index < -0.39 is 0 Å². The van der Waals surface area contributed by atoms with Gasteiger partial charge in [-0.3, -0.25) is 0 Å². The first kappa shape index (κ1) is 15.3. The second-order valence-electron chi connectivity index (χ2n) is 4.69. The van der Waals surface area contributed by atoms with E-state index in [4.69, 9.17) is 4.74 Å². The Balaban J connectivity index is 2.25. The molecule has 0 saturated heterocycles. The van der Waals surface area contributed by atoms with E-state index in [-0.39, 0.29) is 0 Å². The van der Waals surface area contributed by atoms with E-state index in [1.165, 1.54) is 0 Å². The number of anilines is 3. The minimum Gasteiger partial charge on any atom is -0.383 e. The van der Waals surface area contributed by atoms with Gasteiger partial charge in [-0.05, 0) is 26.0 Å². The van der Waals surface area contributed by atoms with Gasteiger partial charge in [0.1, 0.15) is 5.82 Å². The number of para-hydroxylation sites is 1. The lowest BCUT2D eigenvalue weighted by Crippen LogP contribution is -2.20. The summed E-state index contributed by atoms with van der Waals surface area (Å²) in [5.41, 5.74) is 2.03. The summed E-state index contributed by atoms with van der Waals surface area (Å²) < 4.78 is 5.05. The molecule has 0 saturated carbocycles. The molecule has 112 valence electrons. The molecule has 5 heteroatoms. The van der Waals surface area contributed by atoms with Crippen LogP contribution in [-0.4, -0.2) is 36.8 Å². The SMILES string of the molecule is CCN(c1ccccc1)c1nc(C)cc(NCCOC)n1. The fraction of sp³-hybridized carbons (Fsp3) is 0.375. The quantitative estimate of drug-likeness (QED) is 0.793. The van der Waals surface area contributed by atoms with Crippen LogP contribution in [0.1, 0.15) is 12.6 Å². The van der Waals surface area contributed by atoms with E-state index in [0.29, 0.717) is 12.6 Å². The van der Waals surface area contributed by atoms with Gasteiger partial charge in [0.05, 0.1) is 6.61 Å². The average Bonchev–Trinajstić information content (AvgIpc) is 2.49. The molecule has 1 heterocycles. The molecule has 0 aliphatic heterocycles. The van der Waals surface area contributed by atoms with Crippen molar-refractivity contribution < 1.29 is 4.74 Å². The van der Waals surface area contributed by atoms with E-state index >= 15 is 0 Å². The summed E-state index contributed by atoms with van der Waals surface area (Å²) >= 11 is 0. The van der Waals surface area contributed by atoms with Crippen LogP contribution in [0, 0.1) is 6.92 Å². The Morgan fingerprint density at radius 3 is 2.62 bits per heavy atom. The predicted molar refractivity (Wildman–Crippen MR) is 86.3 cm³/mol. The van der Waals surface area contributed by atoms with Crippen molar-refractivity contribution >= 4 is 17.5 Å². The average molecular weight is 286 g/mol. The Kier molecular flexibility index (Phi) is 5.51. The van der Waals surface area contributed by atoms with Crippen molar-refractivity contribution in [3.8, 4) is 0 Å². The third kappa shape index (κ3) is 4.16. The molecule has 0 atom stereocenters. The zero-order chi connectivity index (χ0) is 15.1. The monoisotopic (exact) mass is 286 g/mol. The Bertz CT molecular complexity index is 559. The summed E-state index contributed by atoms with van der Waals surface area (Å²) in [7, 11) is 1.69. The summed E-state index contributed by atoms with van der Waals surface area (Å²) in [6, 6.07) is 12.1. The van der Waals surface area contributed by atoms with Gasteiger partial charge in [-0.1, -0.05) is 18.2 Å². The number of benzene rings is 1. The van der Waals surface area contributed by atoms with Gasteiger partial charge >= 0.3 is 0 Å². The van der Waals surface area contributed by atoms with Gasteiger partial charge in [-0.15, -0.1) is 0 Å². The molecule has 21 heavy (non-hydrogen) atoms. The lowest BCUT2D eigenvalue weighted by Gasteiger charge is -2.22. The van der Waals surface area contributed by atoms with Crippen molar-refractivity contribution in [1.29, 1.82) is 0 Å². The number of hydrogen-bond donors (Lipinski definition) is 1. The zero-order valence-electron chi connectivity index (χ0n) is 12.8. The lowest BCUT2D eigenvalue weighted by atomic mass is 10.3. The van der Waals surface area contributed by atoms with Crippen LogP contribution in [0.2, 0.25) is 0 Å². The first-order chi connectivity index (χ1) is 10.2. The number of ether oxygens (including phenoxy) is 1. The van der Waals surface area contributed by atoms with Gasteiger partial charge in [0.25, 0.3) is 0 Å². The summed E-state index contributed by atoms with van der Waals surface area (Å²) in [6.07, 6.45) is 0. The second kappa shape index (κ2) is 7.59. The first-order valence-electron chi connectivity index (χ1n) is 7.15. The van der Waals surface area contributed by atoms with Gasteiger partial charge < -0.3 is 15.0 Å². The molecule has 0 unspecified atom stereocenters. The summed E-state index contributed by atoms with van der Waals surface area (Å²) in [5.74, 6) is 1.53. The fourth-order valence-electron chi connectivity index (χ4n) is 2.09. The van der Waals surface area contributed by atoms with Crippen LogP contribution in [0.4, 0.5) is 17.5 Å². The first-order valence-corrected chi connectivity index (χ1v) is 7.15. The van der Waals surface area contributed by atoms with Crippen molar-refractivity contribution in [3.05, 3.63) is 42.1 Å². The van der Waals surface area contributed by atoms with Crippen LogP contribution in [0.5, 0.6) is 0 Å². The lowest BCUT2D eigenvalue weighted by molar-refractivity contribution is 0.210. The molecule has 0 aliphatic rings. The van der Waals surface area contributed by atoms with Crippen molar-refractivity contribution in [2.45, 2.75) is 13.8 Å². The van der Waals surface area contributed by atoms with E-state index in [2.05, 4.69) is 39.2 Å². The highest BCUT2D eigenvalue weighted by molar-refractivity contribution is 5.58. The molecular weight excluding hydrogens is 264 g/mol. The van der Waals surface area contributed by atoms with Crippen molar-refractivity contribution in [1.82, 2.24) is 9.97 Å². The van der Waals surface area contributed by atoms with Crippen molar-refractivity contribution in [3.63, 3.8) is 0 Å². The molecule has 5 nitrogen and oxygen atoms in total. The number of rotatable bonds is 7. The maximum atomic E-state index is 5.05. The van der Waals surface area contributed by atoms with Gasteiger partial charge in [0.2, 0.25) is 5.95 Å². The standard InChI is InChI=1S/C16H22N4O/c1-4-20(14-8-6-5-7-9-14)16-18-13(2)12-15(19-16)17-10-11-21-3/h5-9,12H,4,10-11H2,1-3H3,(H,17,18,19). The molecule has 1 N–H and O–H groups in total. The van der Waals surface area contributed by atoms with Crippen LogP contribution in [0.3, 0.4) is 0 Å². The van der Waals surface area contributed by atoms with Gasteiger partial charge in [0, 0.05) is 37.6 Å². The van der Waals surface area contributed by atoms with Crippen molar-refractivity contribution in [2.75, 3.05) is 37.0 Å². The number of aryl methyl sites for hydroxylation is 1. The van der Waals surface area contributed by atoms with E-state index in [1.54, 1.807) is 7.11 Å². The minimum absolute atomic E-state index is 0.647. The van der Waals surface area contributed by atoms with Crippen LogP contribution < -0.4 is 10.2 Å². The molecule has 0 spiro atoms. The topological polar surface area (TPSA) is 50.3 Å². The number of nitrogens with one attached hydrogen (secondary N) is 1. The fourth-order valence-corrected chi connectivity index (χ4v) is 2.09. The number of methoxy groups -OCH3 is 1. The van der Waals surface area contributed by atoms with Crippen LogP contribution >= 0.6 is 0 Å². The predicted octanol–water partition coefficient (Wildman–Crippen LogP) is 3.00. The summed E-state index contributed by atoms with van der Waals surface area (Å²) in [6.45, 7) is 6.26. The highest BCUT2D eigenvalue weighted by atomic mass is 16.5. The van der Waals surface area contributed by atoms with Gasteiger partial charge in [-0.2, -0.15) is 4.98 Å². The normalized spacial score (nSPS) is 10.4. The molecule has 0 aliphatic carbocycles.